The Morgan fingerprint density at radius 1 is 1.40 bits per heavy atom. The molecule has 0 aliphatic heterocycles. The Bertz CT molecular complexity index is 356. The zero-order valence-electron chi connectivity index (χ0n) is 9.58. The molecule has 0 aromatic heterocycles. The van der Waals surface area contributed by atoms with E-state index in [9.17, 15) is 9.90 Å². The van der Waals surface area contributed by atoms with Crippen LogP contribution in [0.4, 0.5) is 0 Å². The largest absolute Gasteiger partial charge is 0.507 e. The fourth-order valence-electron chi connectivity index (χ4n) is 1.51. The van der Waals surface area contributed by atoms with E-state index in [0.717, 1.165) is 12.0 Å². The van der Waals surface area contributed by atoms with Crippen molar-refractivity contribution in [3.05, 3.63) is 29.3 Å². The third kappa shape index (κ3) is 2.58. The van der Waals surface area contributed by atoms with Gasteiger partial charge in [-0.3, -0.25) is 4.79 Å². The molecule has 1 aromatic carbocycles. The van der Waals surface area contributed by atoms with Crippen LogP contribution < -0.4 is 0 Å². The number of aromatic hydroxyl groups is 1. The summed E-state index contributed by atoms with van der Waals surface area (Å²) in [6.45, 7) is 6.03. The fraction of sp³-hybridized carbons (Fsp3) is 0.462. The third-order valence-electron chi connectivity index (χ3n) is 2.82. The van der Waals surface area contributed by atoms with Crippen LogP contribution in [0.5, 0.6) is 5.75 Å². The molecule has 82 valence electrons. The minimum absolute atomic E-state index is 0.00217. The van der Waals surface area contributed by atoms with Crippen molar-refractivity contribution in [3.8, 4) is 5.75 Å². The lowest BCUT2D eigenvalue weighted by molar-refractivity contribution is 0.0985. The normalized spacial score (nSPS) is 12.5. The van der Waals surface area contributed by atoms with Gasteiger partial charge in [-0.05, 0) is 30.0 Å². The summed E-state index contributed by atoms with van der Waals surface area (Å²) >= 11 is 0. The van der Waals surface area contributed by atoms with Gasteiger partial charge >= 0.3 is 0 Å². The first-order valence-corrected chi connectivity index (χ1v) is 5.46. The standard InChI is InChI=1S/C13H18O2/c1-4-9(3)10-6-7-13(15)11(8-10)12(14)5-2/h6-9,15H,4-5H2,1-3H3. The van der Waals surface area contributed by atoms with Crippen molar-refractivity contribution in [2.75, 3.05) is 0 Å². The van der Waals surface area contributed by atoms with E-state index in [4.69, 9.17) is 0 Å². The molecule has 0 amide bonds. The molecular weight excluding hydrogens is 188 g/mol. The summed E-state index contributed by atoms with van der Waals surface area (Å²) in [6.07, 6.45) is 1.46. The maximum atomic E-state index is 11.5. The molecule has 1 aromatic rings. The molecule has 2 heteroatoms. The Kier molecular flexibility index (Phi) is 3.89. The Morgan fingerprint density at radius 3 is 2.60 bits per heavy atom. The van der Waals surface area contributed by atoms with E-state index in [-0.39, 0.29) is 11.5 Å². The minimum atomic E-state index is -0.00217. The summed E-state index contributed by atoms with van der Waals surface area (Å²) in [5, 5.41) is 9.57. The van der Waals surface area contributed by atoms with Crippen molar-refractivity contribution < 1.29 is 9.90 Å². The Hall–Kier alpha value is -1.31. The second-order valence-corrected chi connectivity index (χ2v) is 3.86. The lowest BCUT2D eigenvalue weighted by atomic mass is 9.95. The first-order valence-electron chi connectivity index (χ1n) is 5.46. The molecule has 0 heterocycles. The summed E-state index contributed by atoms with van der Waals surface area (Å²) in [4.78, 5) is 11.5. The minimum Gasteiger partial charge on any atom is -0.507 e. The fourth-order valence-corrected chi connectivity index (χ4v) is 1.51. The number of carbonyl (C=O) groups is 1. The molecule has 0 bridgehead atoms. The smallest absolute Gasteiger partial charge is 0.166 e. The van der Waals surface area contributed by atoms with Crippen LogP contribution in [0.15, 0.2) is 18.2 Å². The van der Waals surface area contributed by atoms with Crippen molar-refractivity contribution in [2.24, 2.45) is 0 Å². The predicted octanol–water partition coefficient (Wildman–Crippen LogP) is 3.50. The molecule has 0 radical (unpaired) electrons. The second-order valence-electron chi connectivity index (χ2n) is 3.86. The third-order valence-corrected chi connectivity index (χ3v) is 2.82. The number of benzene rings is 1. The molecule has 1 atom stereocenters. The molecule has 15 heavy (non-hydrogen) atoms. The monoisotopic (exact) mass is 206 g/mol. The average molecular weight is 206 g/mol. The lowest BCUT2D eigenvalue weighted by Crippen LogP contribution is -2.00. The molecule has 0 aliphatic carbocycles. The maximum absolute atomic E-state index is 11.5. The highest BCUT2D eigenvalue weighted by atomic mass is 16.3. The Labute approximate surface area is 90.9 Å². The number of ketones is 1. The topological polar surface area (TPSA) is 37.3 Å². The summed E-state index contributed by atoms with van der Waals surface area (Å²) in [5.41, 5.74) is 1.57. The zero-order valence-corrected chi connectivity index (χ0v) is 9.58. The van der Waals surface area contributed by atoms with E-state index in [2.05, 4.69) is 13.8 Å². The van der Waals surface area contributed by atoms with Gasteiger partial charge in [0.05, 0.1) is 5.56 Å². The van der Waals surface area contributed by atoms with E-state index in [1.807, 2.05) is 12.1 Å². The highest BCUT2D eigenvalue weighted by molar-refractivity contribution is 5.98. The Morgan fingerprint density at radius 2 is 2.07 bits per heavy atom. The van der Waals surface area contributed by atoms with Crippen molar-refractivity contribution in [3.63, 3.8) is 0 Å². The highest BCUT2D eigenvalue weighted by Crippen LogP contribution is 2.25. The molecule has 0 aliphatic rings. The zero-order chi connectivity index (χ0) is 11.4. The van der Waals surface area contributed by atoms with Gasteiger partial charge in [0.25, 0.3) is 0 Å². The van der Waals surface area contributed by atoms with Crippen LogP contribution in [0.1, 0.15) is 55.5 Å². The average Bonchev–Trinajstić information content (AvgIpc) is 2.27. The molecule has 1 rings (SSSR count). The van der Waals surface area contributed by atoms with Crippen molar-refractivity contribution >= 4 is 5.78 Å². The van der Waals surface area contributed by atoms with E-state index in [0.29, 0.717) is 17.9 Å². The van der Waals surface area contributed by atoms with Crippen molar-refractivity contribution in [1.29, 1.82) is 0 Å². The second kappa shape index (κ2) is 4.96. The number of Topliss-reactive ketones (excluding diaryl/α,β-unsaturated/α-hetero) is 1. The van der Waals surface area contributed by atoms with Crippen molar-refractivity contribution in [1.82, 2.24) is 0 Å². The SMILES string of the molecule is CCC(=O)c1cc(C(C)CC)ccc1O. The van der Waals surface area contributed by atoms with Crippen LogP contribution in [0.2, 0.25) is 0 Å². The number of phenols is 1. The van der Waals surface area contributed by atoms with Gasteiger partial charge in [-0.15, -0.1) is 0 Å². The number of rotatable bonds is 4. The van der Waals surface area contributed by atoms with E-state index in [1.54, 1.807) is 13.0 Å². The van der Waals surface area contributed by atoms with E-state index >= 15 is 0 Å². The van der Waals surface area contributed by atoms with Crippen LogP contribution in [-0.2, 0) is 0 Å². The molecule has 0 fully saturated rings. The summed E-state index contributed by atoms with van der Waals surface area (Å²) in [5.74, 6) is 0.514. The molecule has 1 N–H and O–H groups in total. The summed E-state index contributed by atoms with van der Waals surface area (Å²) in [6, 6.07) is 5.32. The number of carbonyl (C=O) groups excluding carboxylic acids is 1. The van der Waals surface area contributed by atoms with Crippen LogP contribution >= 0.6 is 0 Å². The number of hydrogen-bond acceptors (Lipinski definition) is 2. The van der Waals surface area contributed by atoms with Gasteiger partial charge in [0.15, 0.2) is 5.78 Å². The lowest BCUT2D eigenvalue weighted by Gasteiger charge is -2.11. The maximum Gasteiger partial charge on any atom is 0.166 e. The van der Waals surface area contributed by atoms with Gasteiger partial charge < -0.3 is 5.11 Å². The van der Waals surface area contributed by atoms with Crippen LogP contribution in [0.3, 0.4) is 0 Å². The van der Waals surface area contributed by atoms with Crippen LogP contribution in [0, 0.1) is 0 Å². The first-order chi connectivity index (χ1) is 7.10. The van der Waals surface area contributed by atoms with Gasteiger partial charge in [-0.1, -0.05) is 26.8 Å². The quantitative estimate of drug-likeness (QED) is 0.765. The molecule has 2 nitrogen and oxygen atoms in total. The number of hydrogen-bond donors (Lipinski definition) is 1. The van der Waals surface area contributed by atoms with Gasteiger partial charge in [0, 0.05) is 6.42 Å². The summed E-state index contributed by atoms with van der Waals surface area (Å²) in [7, 11) is 0. The molecule has 0 spiro atoms. The van der Waals surface area contributed by atoms with E-state index in [1.165, 1.54) is 0 Å². The van der Waals surface area contributed by atoms with Crippen molar-refractivity contribution in [2.45, 2.75) is 39.5 Å². The van der Waals surface area contributed by atoms with Gasteiger partial charge in [0.2, 0.25) is 0 Å². The predicted molar refractivity (Wildman–Crippen MR) is 61.4 cm³/mol. The van der Waals surface area contributed by atoms with E-state index < -0.39 is 0 Å². The molecule has 0 saturated carbocycles. The molecule has 1 unspecified atom stereocenters. The number of phenolic OH excluding ortho intramolecular Hbond substituents is 1. The Balaban J connectivity index is 3.10. The first kappa shape index (κ1) is 11.8. The van der Waals surface area contributed by atoms with Gasteiger partial charge in [-0.2, -0.15) is 0 Å². The highest BCUT2D eigenvalue weighted by Gasteiger charge is 2.12. The summed E-state index contributed by atoms with van der Waals surface area (Å²) < 4.78 is 0. The molecular formula is C13H18O2. The van der Waals surface area contributed by atoms with Crippen LogP contribution in [-0.4, -0.2) is 10.9 Å². The molecule has 0 saturated heterocycles. The van der Waals surface area contributed by atoms with Gasteiger partial charge in [0.1, 0.15) is 5.75 Å². The van der Waals surface area contributed by atoms with Gasteiger partial charge in [-0.25, -0.2) is 0 Å². The van der Waals surface area contributed by atoms with Crippen LogP contribution in [0.25, 0.3) is 0 Å².